The highest BCUT2D eigenvalue weighted by atomic mass is 15.2. The first-order valence-corrected chi connectivity index (χ1v) is 8.71. The fraction of sp³-hybridized carbons (Fsp3) is 1.00. The van der Waals surface area contributed by atoms with Crippen molar-refractivity contribution in [3.63, 3.8) is 0 Å². The minimum atomic E-state index is 0.811. The summed E-state index contributed by atoms with van der Waals surface area (Å²) in [5.41, 5.74) is 0. The van der Waals surface area contributed by atoms with Crippen molar-refractivity contribution in [2.24, 2.45) is 17.8 Å². The molecule has 0 amide bonds. The molecule has 0 aromatic heterocycles. The van der Waals surface area contributed by atoms with E-state index in [2.05, 4.69) is 24.1 Å². The van der Waals surface area contributed by atoms with Crippen LogP contribution in [0.1, 0.15) is 58.8 Å². The predicted octanol–water partition coefficient (Wildman–Crippen LogP) is 3.28. The van der Waals surface area contributed by atoms with Crippen molar-refractivity contribution in [3.8, 4) is 0 Å². The molecular formula is C17H32N2. The molecule has 2 saturated carbocycles. The predicted molar refractivity (Wildman–Crippen MR) is 81.3 cm³/mol. The van der Waals surface area contributed by atoms with Crippen molar-refractivity contribution in [1.29, 1.82) is 0 Å². The lowest BCUT2D eigenvalue weighted by molar-refractivity contribution is 0.0465. The van der Waals surface area contributed by atoms with Crippen LogP contribution in [0.3, 0.4) is 0 Å². The highest BCUT2D eigenvalue weighted by Crippen LogP contribution is 2.34. The van der Waals surface area contributed by atoms with Crippen LogP contribution in [0.2, 0.25) is 0 Å². The lowest BCUT2D eigenvalue weighted by Gasteiger charge is -2.45. The Morgan fingerprint density at radius 3 is 2.11 bits per heavy atom. The Bertz CT molecular complexity index is 269. The molecule has 0 aromatic rings. The van der Waals surface area contributed by atoms with Crippen molar-refractivity contribution in [2.75, 3.05) is 19.6 Å². The first kappa shape index (κ1) is 13.9. The number of piperidine rings is 1. The molecule has 110 valence electrons. The fourth-order valence-corrected chi connectivity index (χ4v) is 4.44. The summed E-state index contributed by atoms with van der Waals surface area (Å²) in [6.07, 6.45) is 10.1. The van der Waals surface area contributed by atoms with Gasteiger partial charge in [-0.1, -0.05) is 20.3 Å². The van der Waals surface area contributed by atoms with Gasteiger partial charge in [-0.25, -0.2) is 0 Å². The van der Waals surface area contributed by atoms with Crippen LogP contribution in [-0.2, 0) is 0 Å². The van der Waals surface area contributed by atoms with Gasteiger partial charge in [-0.05, 0) is 75.9 Å². The Morgan fingerprint density at radius 1 is 0.895 bits per heavy atom. The van der Waals surface area contributed by atoms with Gasteiger partial charge in [0.05, 0.1) is 0 Å². The van der Waals surface area contributed by atoms with Crippen LogP contribution in [0, 0.1) is 17.8 Å². The third-order valence-corrected chi connectivity index (χ3v) is 5.83. The molecule has 3 fully saturated rings. The molecule has 0 aromatic carbocycles. The second-order valence-corrected chi connectivity index (χ2v) is 7.54. The number of nitrogens with zero attached hydrogens (tertiary/aromatic N) is 1. The van der Waals surface area contributed by atoms with Crippen LogP contribution < -0.4 is 5.32 Å². The Labute approximate surface area is 119 Å². The largest absolute Gasteiger partial charge is 0.314 e. The lowest BCUT2D eigenvalue weighted by atomic mass is 9.77. The maximum atomic E-state index is 3.80. The molecule has 0 radical (unpaired) electrons. The molecule has 0 spiro atoms. The lowest BCUT2D eigenvalue weighted by Crippen LogP contribution is -2.52. The topological polar surface area (TPSA) is 15.3 Å². The second-order valence-electron chi connectivity index (χ2n) is 7.54. The van der Waals surface area contributed by atoms with E-state index in [1.807, 2.05) is 0 Å². The molecule has 1 aliphatic heterocycles. The molecule has 19 heavy (non-hydrogen) atoms. The van der Waals surface area contributed by atoms with Crippen LogP contribution in [0.5, 0.6) is 0 Å². The Hall–Kier alpha value is -0.0800. The van der Waals surface area contributed by atoms with Gasteiger partial charge >= 0.3 is 0 Å². The summed E-state index contributed by atoms with van der Waals surface area (Å²) >= 11 is 0. The van der Waals surface area contributed by atoms with Gasteiger partial charge in [-0.2, -0.15) is 0 Å². The van der Waals surface area contributed by atoms with E-state index in [9.17, 15) is 0 Å². The van der Waals surface area contributed by atoms with E-state index in [1.165, 1.54) is 64.6 Å². The van der Waals surface area contributed by atoms with Crippen LogP contribution in [-0.4, -0.2) is 36.6 Å². The van der Waals surface area contributed by atoms with E-state index in [4.69, 9.17) is 0 Å². The Balaban J connectivity index is 1.45. The van der Waals surface area contributed by atoms with Gasteiger partial charge in [0.1, 0.15) is 0 Å². The van der Waals surface area contributed by atoms with Gasteiger partial charge in [0, 0.05) is 12.1 Å². The van der Waals surface area contributed by atoms with Crippen LogP contribution in [0.25, 0.3) is 0 Å². The van der Waals surface area contributed by atoms with E-state index < -0.39 is 0 Å². The van der Waals surface area contributed by atoms with Crippen LogP contribution in [0.4, 0.5) is 0 Å². The van der Waals surface area contributed by atoms with Crippen molar-refractivity contribution in [3.05, 3.63) is 0 Å². The molecule has 1 N–H and O–H groups in total. The molecule has 2 atom stereocenters. The van der Waals surface area contributed by atoms with Crippen molar-refractivity contribution < 1.29 is 0 Å². The Morgan fingerprint density at radius 2 is 1.53 bits per heavy atom. The first-order valence-electron chi connectivity index (χ1n) is 8.71. The summed E-state index contributed by atoms with van der Waals surface area (Å²) in [6.45, 7) is 8.93. The molecule has 1 heterocycles. The first-order chi connectivity index (χ1) is 9.24. The summed E-state index contributed by atoms with van der Waals surface area (Å²) in [5.74, 6) is 2.86. The van der Waals surface area contributed by atoms with E-state index >= 15 is 0 Å². The van der Waals surface area contributed by atoms with Crippen molar-refractivity contribution >= 4 is 0 Å². The molecule has 1 saturated heterocycles. The smallest absolute Gasteiger partial charge is 0.0146 e. The van der Waals surface area contributed by atoms with Gasteiger partial charge < -0.3 is 5.32 Å². The number of hydrogen-bond acceptors (Lipinski definition) is 2. The average Bonchev–Trinajstić information content (AvgIpc) is 3.22. The molecule has 2 aliphatic carbocycles. The summed E-state index contributed by atoms with van der Waals surface area (Å²) < 4.78 is 0. The number of nitrogens with one attached hydrogen (secondary N) is 1. The zero-order valence-electron chi connectivity index (χ0n) is 12.9. The minimum Gasteiger partial charge on any atom is -0.314 e. The van der Waals surface area contributed by atoms with Crippen LogP contribution in [0.15, 0.2) is 0 Å². The SMILES string of the molecule is CC1CCCC(C)C1N1CCC(NCC2CC2)CC1. The van der Waals surface area contributed by atoms with Gasteiger partial charge in [-0.3, -0.25) is 4.90 Å². The van der Waals surface area contributed by atoms with E-state index in [-0.39, 0.29) is 0 Å². The third kappa shape index (κ3) is 3.52. The molecule has 3 aliphatic rings. The monoisotopic (exact) mass is 264 g/mol. The fourth-order valence-electron chi connectivity index (χ4n) is 4.44. The maximum Gasteiger partial charge on any atom is 0.0146 e. The summed E-state index contributed by atoms with van der Waals surface area (Å²) in [6, 6.07) is 1.68. The molecule has 0 bridgehead atoms. The number of rotatable bonds is 4. The van der Waals surface area contributed by atoms with E-state index in [0.29, 0.717) is 0 Å². The van der Waals surface area contributed by atoms with Crippen molar-refractivity contribution in [2.45, 2.75) is 70.9 Å². The summed E-state index contributed by atoms with van der Waals surface area (Å²) in [7, 11) is 0. The molecular weight excluding hydrogens is 232 g/mol. The summed E-state index contributed by atoms with van der Waals surface area (Å²) in [5, 5.41) is 3.80. The highest BCUT2D eigenvalue weighted by molar-refractivity contribution is 4.89. The molecule has 2 unspecified atom stereocenters. The normalized spacial score (nSPS) is 38.5. The average molecular weight is 264 g/mol. The maximum absolute atomic E-state index is 3.80. The molecule has 3 rings (SSSR count). The second kappa shape index (κ2) is 6.13. The highest BCUT2D eigenvalue weighted by Gasteiger charge is 2.34. The standard InChI is InChI=1S/C17H32N2/c1-13-4-3-5-14(2)17(13)19-10-8-16(9-11-19)18-12-15-6-7-15/h13-18H,3-12H2,1-2H3. The zero-order chi connectivity index (χ0) is 13.2. The van der Waals surface area contributed by atoms with Crippen molar-refractivity contribution in [1.82, 2.24) is 10.2 Å². The number of likely N-dealkylation sites (tertiary alicyclic amines) is 1. The zero-order valence-corrected chi connectivity index (χ0v) is 12.9. The van der Waals surface area contributed by atoms with Gasteiger partial charge in [-0.15, -0.1) is 0 Å². The minimum absolute atomic E-state index is 0.811. The van der Waals surface area contributed by atoms with Gasteiger partial charge in [0.15, 0.2) is 0 Å². The molecule has 2 nitrogen and oxygen atoms in total. The molecule has 2 heteroatoms. The van der Waals surface area contributed by atoms with E-state index in [1.54, 1.807) is 0 Å². The Kier molecular flexibility index (Phi) is 4.48. The quantitative estimate of drug-likeness (QED) is 0.838. The summed E-state index contributed by atoms with van der Waals surface area (Å²) in [4.78, 5) is 2.82. The van der Waals surface area contributed by atoms with Gasteiger partial charge in [0.25, 0.3) is 0 Å². The van der Waals surface area contributed by atoms with E-state index in [0.717, 1.165) is 29.8 Å². The number of hydrogen-bond donors (Lipinski definition) is 1. The third-order valence-electron chi connectivity index (χ3n) is 5.83. The van der Waals surface area contributed by atoms with Crippen LogP contribution >= 0.6 is 0 Å². The van der Waals surface area contributed by atoms with Gasteiger partial charge in [0.2, 0.25) is 0 Å².